The van der Waals surface area contributed by atoms with Crippen molar-refractivity contribution >= 4 is 16.9 Å². The van der Waals surface area contributed by atoms with Crippen molar-refractivity contribution in [3.05, 3.63) is 18.6 Å². The lowest BCUT2D eigenvalue weighted by molar-refractivity contribution is -0.0266. The molecule has 1 unspecified atom stereocenters. The van der Waals surface area contributed by atoms with E-state index in [1.165, 1.54) is 45.1 Å². The van der Waals surface area contributed by atoms with Crippen molar-refractivity contribution in [1.82, 2.24) is 24.8 Å². The van der Waals surface area contributed by atoms with Crippen LogP contribution in [0.1, 0.15) is 44.8 Å². The van der Waals surface area contributed by atoms with Crippen LogP contribution in [0.25, 0.3) is 11.0 Å². The Labute approximate surface area is 153 Å². The number of likely N-dealkylation sites (tertiary alicyclic amines) is 1. The summed E-state index contributed by atoms with van der Waals surface area (Å²) in [5, 5.41) is 4.52. The fraction of sp³-hybridized carbons (Fsp3) is 0.684. The molecular weight excluding hydrogens is 328 g/mol. The van der Waals surface area contributed by atoms with E-state index in [0.717, 1.165) is 37.0 Å². The van der Waals surface area contributed by atoms with E-state index in [9.17, 15) is 0 Å². The Morgan fingerprint density at radius 3 is 3.08 bits per heavy atom. The number of aromatic nitrogens is 3. The van der Waals surface area contributed by atoms with Crippen molar-refractivity contribution in [2.75, 3.05) is 31.9 Å². The Balaban J connectivity index is 1.29. The molecule has 26 heavy (non-hydrogen) atoms. The Morgan fingerprint density at radius 1 is 1.27 bits per heavy atom. The van der Waals surface area contributed by atoms with Crippen molar-refractivity contribution in [1.29, 1.82) is 0 Å². The van der Waals surface area contributed by atoms with E-state index >= 15 is 0 Å². The highest BCUT2D eigenvalue weighted by atomic mass is 16.5. The van der Waals surface area contributed by atoms with Crippen LogP contribution in [0.4, 0.5) is 5.82 Å². The SMILES string of the molecule is Nc1ncnc2c1ccn2[C@H]1CC[C@@H](CN2CCCC23CCCNC3)O1. The number of fused-ring (bicyclic) bond motifs is 1. The van der Waals surface area contributed by atoms with Crippen LogP contribution in [0.5, 0.6) is 0 Å². The second-order valence-corrected chi connectivity index (χ2v) is 8.06. The molecule has 7 nitrogen and oxygen atoms in total. The Kier molecular flexibility index (Phi) is 4.10. The van der Waals surface area contributed by atoms with Crippen LogP contribution in [-0.4, -0.2) is 57.3 Å². The van der Waals surface area contributed by atoms with Crippen LogP contribution in [0.3, 0.4) is 0 Å². The zero-order valence-corrected chi connectivity index (χ0v) is 15.2. The molecule has 3 aliphatic rings. The van der Waals surface area contributed by atoms with E-state index in [2.05, 4.69) is 24.8 Å². The van der Waals surface area contributed by atoms with Crippen molar-refractivity contribution in [2.24, 2.45) is 0 Å². The first-order chi connectivity index (χ1) is 12.8. The molecule has 3 saturated heterocycles. The number of anilines is 1. The highest BCUT2D eigenvalue weighted by molar-refractivity contribution is 5.86. The molecule has 140 valence electrons. The summed E-state index contributed by atoms with van der Waals surface area (Å²) in [6.45, 7) is 4.57. The minimum Gasteiger partial charge on any atom is -0.383 e. The summed E-state index contributed by atoms with van der Waals surface area (Å²) in [5.41, 5.74) is 7.21. The minimum atomic E-state index is 0.0508. The van der Waals surface area contributed by atoms with Crippen molar-refractivity contribution < 1.29 is 4.74 Å². The summed E-state index contributed by atoms with van der Waals surface area (Å²) < 4.78 is 8.57. The molecule has 0 bridgehead atoms. The number of rotatable bonds is 3. The lowest BCUT2D eigenvalue weighted by Gasteiger charge is -2.42. The Bertz CT molecular complexity index is 783. The number of piperidine rings is 1. The maximum absolute atomic E-state index is 6.45. The predicted octanol–water partition coefficient (Wildman–Crippen LogP) is 1.91. The van der Waals surface area contributed by atoms with Crippen molar-refractivity contribution in [2.45, 2.75) is 56.4 Å². The predicted molar refractivity (Wildman–Crippen MR) is 101 cm³/mol. The fourth-order valence-corrected chi connectivity index (χ4v) is 5.21. The third-order valence-electron chi connectivity index (χ3n) is 6.55. The standard InChI is InChI=1S/C19H28N6O/c20-17-15-5-10-25(18(15)23-13-22-17)16-4-3-14(26-16)11-24-9-2-7-19(24)6-1-8-21-12-19/h5,10,13-14,16,21H,1-4,6-9,11-12H2,(H2,20,22,23)/t14-,16+,19?/m0/s1. The van der Waals surface area contributed by atoms with Crippen LogP contribution in [0.15, 0.2) is 18.6 Å². The maximum atomic E-state index is 6.45. The largest absolute Gasteiger partial charge is 0.383 e. The number of nitrogen functional groups attached to an aromatic ring is 1. The zero-order valence-electron chi connectivity index (χ0n) is 15.2. The monoisotopic (exact) mass is 356 g/mol. The molecule has 0 radical (unpaired) electrons. The third-order valence-corrected chi connectivity index (χ3v) is 6.55. The highest BCUT2D eigenvalue weighted by Crippen LogP contribution is 2.38. The van der Waals surface area contributed by atoms with Crippen LogP contribution in [0.2, 0.25) is 0 Å². The number of nitrogens with one attached hydrogen (secondary N) is 1. The molecule has 3 aliphatic heterocycles. The molecule has 5 rings (SSSR count). The normalized spacial score (nSPS) is 32.8. The Morgan fingerprint density at radius 2 is 2.19 bits per heavy atom. The van der Waals surface area contributed by atoms with Gasteiger partial charge in [0, 0.05) is 24.8 Å². The van der Waals surface area contributed by atoms with Gasteiger partial charge in [0.1, 0.15) is 24.0 Å². The van der Waals surface area contributed by atoms with Gasteiger partial charge in [-0.3, -0.25) is 4.90 Å². The van der Waals surface area contributed by atoms with Crippen LogP contribution >= 0.6 is 0 Å². The lowest BCUT2D eigenvalue weighted by Crippen LogP contribution is -2.55. The summed E-state index contributed by atoms with van der Waals surface area (Å²) in [5.74, 6) is 0.534. The van der Waals surface area contributed by atoms with Gasteiger partial charge < -0.3 is 20.4 Å². The first-order valence-electron chi connectivity index (χ1n) is 9.93. The van der Waals surface area contributed by atoms with Crippen molar-refractivity contribution in [3.8, 4) is 0 Å². The van der Waals surface area contributed by atoms with Crippen LogP contribution in [-0.2, 0) is 4.74 Å². The topological polar surface area (TPSA) is 81.2 Å². The van der Waals surface area contributed by atoms with Crippen LogP contribution < -0.4 is 11.1 Å². The quantitative estimate of drug-likeness (QED) is 0.874. The summed E-state index contributed by atoms with van der Waals surface area (Å²) in [7, 11) is 0. The highest BCUT2D eigenvalue weighted by Gasteiger charge is 2.43. The van der Waals surface area contributed by atoms with Crippen molar-refractivity contribution in [3.63, 3.8) is 0 Å². The number of nitrogens with two attached hydrogens (primary N) is 1. The van der Waals surface area contributed by atoms with Gasteiger partial charge in [0.25, 0.3) is 0 Å². The zero-order chi connectivity index (χ0) is 17.6. The lowest BCUT2D eigenvalue weighted by atomic mass is 9.87. The Hall–Kier alpha value is -1.70. The van der Waals surface area contributed by atoms with Gasteiger partial charge in [0.15, 0.2) is 0 Å². The second-order valence-electron chi connectivity index (χ2n) is 8.06. The molecule has 7 heteroatoms. The molecule has 3 atom stereocenters. The smallest absolute Gasteiger partial charge is 0.147 e. The minimum absolute atomic E-state index is 0.0508. The number of ether oxygens (including phenoxy) is 1. The molecule has 1 spiro atoms. The molecule has 5 heterocycles. The van der Waals surface area contributed by atoms with Gasteiger partial charge in [-0.15, -0.1) is 0 Å². The molecule has 0 aromatic carbocycles. The van der Waals surface area contributed by atoms with Gasteiger partial charge in [0.05, 0.1) is 11.5 Å². The average Bonchev–Trinajstić information content (AvgIpc) is 3.36. The average molecular weight is 356 g/mol. The molecule has 3 N–H and O–H groups in total. The van der Waals surface area contributed by atoms with Gasteiger partial charge in [-0.1, -0.05) is 0 Å². The van der Waals surface area contributed by atoms with Gasteiger partial charge in [-0.25, -0.2) is 9.97 Å². The van der Waals surface area contributed by atoms with E-state index in [1.54, 1.807) is 0 Å². The van der Waals surface area contributed by atoms with E-state index in [0.29, 0.717) is 17.5 Å². The third kappa shape index (κ3) is 2.69. The van der Waals surface area contributed by atoms with Crippen LogP contribution in [0, 0.1) is 0 Å². The van der Waals surface area contributed by atoms with E-state index in [1.807, 2.05) is 12.3 Å². The van der Waals surface area contributed by atoms with E-state index < -0.39 is 0 Å². The fourth-order valence-electron chi connectivity index (χ4n) is 5.21. The molecule has 2 aromatic heterocycles. The van der Waals surface area contributed by atoms with Gasteiger partial charge in [0.2, 0.25) is 0 Å². The molecule has 0 amide bonds. The van der Waals surface area contributed by atoms with Gasteiger partial charge in [-0.05, 0) is 57.7 Å². The maximum Gasteiger partial charge on any atom is 0.147 e. The van der Waals surface area contributed by atoms with E-state index in [-0.39, 0.29) is 6.23 Å². The second kappa shape index (κ2) is 6.48. The summed E-state index contributed by atoms with van der Waals surface area (Å²) in [6, 6.07) is 1.99. The molecular formula is C19H28N6O. The van der Waals surface area contributed by atoms with E-state index in [4.69, 9.17) is 10.5 Å². The number of hydrogen-bond acceptors (Lipinski definition) is 6. The van der Waals surface area contributed by atoms with Gasteiger partial charge in [-0.2, -0.15) is 0 Å². The summed E-state index contributed by atoms with van der Waals surface area (Å²) in [6.07, 6.45) is 11.3. The summed E-state index contributed by atoms with van der Waals surface area (Å²) >= 11 is 0. The molecule has 0 saturated carbocycles. The summed E-state index contributed by atoms with van der Waals surface area (Å²) in [4.78, 5) is 11.2. The first-order valence-corrected chi connectivity index (χ1v) is 9.93. The molecule has 3 fully saturated rings. The number of hydrogen-bond donors (Lipinski definition) is 2. The number of nitrogens with zero attached hydrogens (tertiary/aromatic N) is 4. The molecule has 2 aromatic rings. The molecule has 0 aliphatic carbocycles. The first kappa shape index (κ1) is 16.5. The van der Waals surface area contributed by atoms with Gasteiger partial charge >= 0.3 is 0 Å².